The van der Waals surface area contributed by atoms with Crippen molar-refractivity contribution in [3.8, 4) is 5.75 Å². The molecule has 1 aromatic carbocycles. The first-order valence-electron chi connectivity index (χ1n) is 6.39. The molecule has 20 heavy (non-hydrogen) atoms. The van der Waals surface area contributed by atoms with Crippen LogP contribution in [-0.4, -0.2) is 48.5 Å². The van der Waals surface area contributed by atoms with Gasteiger partial charge in [-0.05, 0) is 19.1 Å². The Labute approximate surface area is 126 Å². The van der Waals surface area contributed by atoms with E-state index < -0.39 is 5.82 Å². The molecular weight excluding hydrogens is 329 g/mol. The molecule has 1 heterocycles. The lowest BCUT2D eigenvalue weighted by molar-refractivity contribution is -0.0560. The lowest BCUT2D eigenvalue weighted by atomic mass is 10.1. The number of morpholine rings is 1. The fraction of sp³-hybridized carbons (Fsp3) is 0.500. The second-order valence-electron chi connectivity index (χ2n) is 4.78. The minimum Gasteiger partial charge on any atom is -0.497 e. The lowest BCUT2D eigenvalue weighted by Gasteiger charge is -2.36. The Bertz CT molecular complexity index is 497. The molecule has 0 spiro atoms. The van der Waals surface area contributed by atoms with Gasteiger partial charge in [0.15, 0.2) is 0 Å². The van der Waals surface area contributed by atoms with Crippen LogP contribution in [0.2, 0.25) is 0 Å². The summed E-state index contributed by atoms with van der Waals surface area (Å²) in [6.07, 6.45) is -0.124. The third-order valence-electron chi connectivity index (χ3n) is 3.19. The van der Waals surface area contributed by atoms with Gasteiger partial charge in [0.25, 0.3) is 5.91 Å². The van der Waals surface area contributed by atoms with E-state index in [2.05, 4.69) is 15.9 Å². The van der Waals surface area contributed by atoms with Gasteiger partial charge in [-0.25, -0.2) is 4.39 Å². The summed E-state index contributed by atoms with van der Waals surface area (Å²) in [7, 11) is 1.46. The first-order valence-corrected chi connectivity index (χ1v) is 7.51. The van der Waals surface area contributed by atoms with Crippen molar-refractivity contribution < 1.29 is 18.7 Å². The molecule has 0 saturated carbocycles. The SMILES string of the molecule is COc1ccc(C(=O)N2CC(C)OC(CBr)C2)c(F)c1. The summed E-state index contributed by atoms with van der Waals surface area (Å²) < 4.78 is 24.6. The molecule has 0 bridgehead atoms. The summed E-state index contributed by atoms with van der Waals surface area (Å²) in [5.41, 5.74) is 0.0632. The highest BCUT2D eigenvalue weighted by Gasteiger charge is 2.29. The summed E-state index contributed by atoms with van der Waals surface area (Å²) in [6.45, 7) is 2.83. The molecule has 1 saturated heterocycles. The highest BCUT2D eigenvalue weighted by atomic mass is 79.9. The van der Waals surface area contributed by atoms with Crippen LogP contribution in [0.1, 0.15) is 17.3 Å². The smallest absolute Gasteiger partial charge is 0.257 e. The maximum Gasteiger partial charge on any atom is 0.257 e. The quantitative estimate of drug-likeness (QED) is 0.790. The lowest BCUT2D eigenvalue weighted by Crippen LogP contribution is -2.49. The van der Waals surface area contributed by atoms with E-state index in [0.717, 1.165) is 0 Å². The monoisotopic (exact) mass is 345 g/mol. The minimum atomic E-state index is -0.566. The van der Waals surface area contributed by atoms with Crippen molar-refractivity contribution >= 4 is 21.8 Å². The van der Waals surface area contributed by atoms with Gasteiger partial charge < -0.3 is 14.4 Å². The van der Waals surface area contributed by atoms with E-state index in [1.807, 2.05) is 6.92 Å². The van der Waals surface area contributed by atoms with E-state index in [4.69, 9.17) is 9.47 Å². The number of carbonyl (C=O) groups is 1. The molecule has 4 nitrogen and oxygen atoms in total. The molecule has 1 aromatic rings. The van der Waals surface area contributed by atoms with E-state index in [-0.39, 0.29) is 23.7 Å². The van der Waals surface area contributed by atoms with E-state index in [0.29, 0.717) is 24.2 Å². The molecule has 0 N–H and O–H groups in total. The zero-order chi connectivity index (χ0) is 14.7. The number of hydrogen-bond donors (Lipinski definition) is 0. The number of hydrogen-bond acceptors (Lipinski definition) is 3. The molecule has 1 amide bonds. The van der Waals surface area contributed by atoms with Gasteiger partial charge >= 0.3 is 0 Å². The molecule has 0 radical (unpaired) electrons. The largest absolute Gasteiger partial charge is 0.497 e. The number of ether oxygens (including phenoxy) is 2. The van der Waals surface area contributed by atoms with Gasteiger partial charge in [-0.3, -0.25) is 4.79 Å². The molecule has 2 atom stereocenters. The molecule has 2 rings (SSSR count). The number of carbonyl (C=O) groups excluding carboxylic acids is 1. The van der Waals surface area contributed by atoms with Gasteiger partial charge in [-0.1, -0.05) is 15.9 Å². The summed E-state index contributed by atoms with van der Waals surface area (Å²) in [5, 5.41) is 0.645. The fourth-order valence-electron chi connectivity index (χ4n) is 2.26. The fourth-order valence-corrected chi connectivity index (χ4v) is 2.62. The van der Waals surface area contributed by atoms with Crippen LogP contribution in [0.25, 0.3) is 0 Å². The minimum absolute atomic E-state index is 0.0587. The number of halogens is 2. The molecule has 1 aliphatic rings. The first-order chi connectivity index (χ1) is 9.55. The molecule has 1 fully saturated rings. The van der Waals surface area contributed by atoms with Gasteiger partial charge in [0.1, 0.15) is 11.6 Å². The highest BCUT2D eigenvalue weighted by Crippen LogP contribution is 2.20. The second-order valence-corrected chi connectivity index (χ2v) is 5.43. The van der Waals surface area contributed by atoms with Crippen LogP contribution < -0.4 is 4.74 Å². The predicted molar refractivity (Wildman–Crippen MR) is 77.0 cm³/mol. The Morgan fingerprint density at radius 3 is 2.90 bits per heavy atom. The van der Waals surface area contributed by atoms with E-state index >= 15 is 0 Å². The Hall–Kier alpha value is -1.14. The average Bonchev–Trinajstić information content (AvgIpc) is 2.45. The van der Waals surface area contributed by atoms with Crippen molar-refractivity contribution in [1.29, 1.82) is 0 Å². The number of rotatable bonds is 3. The van der Waals surface area contributed by atoms with Gasteiger partial charge in [0.05, 0.1) is 24.9 Å². The summed E-state index contributed by atoms with van der Waals surface area (Å²) in [5.74, 6) is -0.483. The van der Waals surface area contributed by atoms with E-state index in [1.165, 1.54) is 19.2 Å². The maximum atomic E-state index is 14.0. The van der Waals surface area contributed by atoms with Crippen LogP contribution in [0.15, 0.2) is 18.2 Å². The van der Waals surface area contributed by atoms with Crippen molar-refractivity contribution in [2.75, 3.05) is 25.5 Å². The summed E-state index contributed by atoms with van der Waals surface area (Å²) in [4.78, 5) is 14.0. The molecule has 0 aliphatic carbocycles. The van der Waals surface area contributed by atoms with Gasteiger partial charge in [-0.2, -0.15) is 0 Å². The Morgan fingerprint density at radius 1 is 1.55 bits per heavy atom. The van der Waals surface area contributed by atoms with Gasteiger partial charge in [-0.15, -0.1) is 0 Å². The first kappa shape index (κ1) is 15.3. The zero-order valence-corrected chi connectivity index (χ0v) is 13.0. The Morgan fingerprint density at radius 2 is 2.30 bits per heavy atom. The second kappa shape index (κ2) is 6.54. The van der Waals surface area contributed by atoms with Gasteiger partial charge in [0.2, 0.25) is 0 Å². The number of benzene rings is 1. The van der Waals surface area contributed by atoms with Crippen LogP contribution in [-0.2, 0) is 4.74 Å². The number of methoxy groups -OCH3 is 1. The van der Waals surface area contributed by atoms with E-state index in [1.54, 1.807) is 11.0 Å². The topological polar surface area (TPSA) is 38.8 Å². The standard InChI is InChI=1S/C14H17BrFNO3/c1-9-7-17(8-11(6-15)20-9)14(18)12-4-3-10(19-2)5-13(12)16/h3-5,9,11H,6-8H2,1-2H3. The van der Waals surface area contributed by atoms with Crippen molar-refractivity contribution in [2.24, 2.45) is 0 Å². The normalized spacial score (nSPS) is 22.7. The van der Waals surface area contributed by atoms with Crippen LogP contribution >= 0.6 is 15.9 Å². The van der Waals surface area contributed by atoms with Crippen molar-refractivity contribution in [1.82, 2.24) is 4.90 Å². The van der Waals surface area contributed by atoms with Crippen LogP contribution in [0.5, 0.6) is 5.75 Å². The van der Waals surface area contributed by atoms with Gasteiger partial charge in [0, 0.05) is 24.5 Å². The Kier molecular flexibility index (Phi) is 4.99. The maximum absolute atomic E-state index is 14.0. The molecular formula is C14H17BrFNO3. The highest BCUT2D eigenvalue weighted by molar-refractivity contribution is 9.09. The number of nitrogens with zero attached hydrogens (tertiary/aromatic N) is 1. The van der Waals surface area contributed by atoms with Crippen LogP contribution in [0.3, 0.4) is 0 Å². The third kappa shape index (κ3) is 3.30. The molecule has 0 aromatic heterocycles. The third-order valence-corrected chi connectivity index (χ3v) is 3.91. The number of alkyl halides is 1. The molecule has 6 heteroatoms. The summed E-state index contributed by atoms with van der Waals surface area (Å²) in [6, 6.07) is 4.26. The molecule has 2 unspecified atom stereocenters. The predicted octanol–water partition coefficient (Wildman–Crippen LogP) is 2.46. The molecule has 1 aliphatic heterocycles. The summed E-state index contributed by atoms with van der Waals surface area (Å²) >= 11 is 3.35. The molecule has 110 valence electrons. The van der Waals surface area contributed by atoms with Crippen LogP contribution in [0, 0.1) is 5.82 Å². The van der Waals surface area contributed by atoms with Crippen molar-refractivity contribution in [3.63, 3.8) is 0 Å². The van der Waals surface area contributed by atoms with E-state index in [9.17, 15) is 9.18 Å². The van der Waals surface area contributed by atoms with Crippen LogP contribution in [0.4, 0.5) is 4.39 Å². The number of amides is 1. The Balaban J connectivity index is 2.18. The van der Waals surface area contributed by atoms with Crippen molar-refractivity contribution in [3.05, 3.63) is 29.6 Å². The average molecular weight is 346 g/mol. The van der Waals surface area contributed by atoms with Crippen molar-refractivity contribution in [2.45, 2.75) is 19.1 Å². The zero-order valence-electron chi connectivity index (χ0n) is 11.4.